The van der Waals surface area contributed by atoms with Crippen molar-refractivity contribution in [1.29, 1.82) is 0 Å². The van der Waals surface area contributed by atoms with Crippen LogP contribution in [-0.2, 0) is 16.0 Å². The molecule has 4 heteroatoms. The van der Waals surface area contributed by atoms with E-state index in [4.69, 9.17) is 2.74 Å². The molecule has 2 rings (SSSR count). The van der Waals surface area contributed by atoms with Crippen molar-refractivity contribution in [3.63, 3.8) is 0 Å². The van der Waals surface area contributed by atoms with Crippen molar-refractivity contribution in [2.45, 2.75) is 51.9 Å². The fourth-order valence-corrected chi connectivity index (χ4v) is 3.17. The van der Waals surface area contributed by atoms with Crippen molar-refractivity contribution in [2.75, 3.05) is 0 Å². The number of carboxylic acid groups (broad SMARTS) is 1. The van der Waals surface area contributed by atoms with Crippen molar-refractivity contribution in [1.82, 2.24) is 5.32 Å². The summed E-state index contributed by atoms with van der Waals surface area (Å²) < 4.78 is 16.4. The van der Waals surface area contributed by atoms with Crippen LogP contribution in [0.25, 0.3) is 0 Å². The molecule has 0 aliphatic heterocycles. The van der Waals surface area contributed by atoms with Crippen LogP contribution in [0.1, 0.15) is 47.8 Å². The van der Waals surface area contributed by atoms with Crippen molar-refractivity contribution in [3.8, 4) is 0 Å². The van der Waals surface area contributed by atoms with Gasteiger partial charge in [0.2, 0.25) is 5.91 Å². The van der Waals surface area contributed by atoms with Gasteiger partial charge in [0.05, 0.1) is 0 Å². The van der Waals surface area contributed by atoms with E-state index in [0.717, 1.165) is 25.7 Å². The molecule has 0 bridgehead atoms. The van der Waals surface area contributed by atoms with Gasteiger partial charge in [0.1, 0.15) is 6.04 Å². The Morgan fingerprint density at radius 2 is 1.83 bits per heavy atom. The van der Waals surface area contributed by atoms with E-state index in [9.17, 15) is 14.7 Å². The largest absolute Gasteiger partial charge is 0.480 e. The molecule has 2 N–H and O–H groups in total. The molecule has 126 valence electrons. The van der Waals surface area contributed by atoms with Gasteiger partial charge in [-0.15, -0.1) is 0 Å². The van der Waals surface area contributed by atoms with Gasteiger partial charge in [0.15, 0.2) is 0 Å². The van der Waals surface area contributed by atoms with Gasteiger partial charge in [-0.25, -0.2) is 4.79 Å². The molecule has 1 atom stereocenters. The predicted molar refractivity (Wildman–Crippen MR) is 90.0 cm³/mol. The fourth-order valence-electron chi connectivity index (χ4n) is 3.17. The summed E-state index contributed by atoms with van der Waals surface area (Å²) in [5.41, 5.74) is 0.242. The second-order valence-electron chi connectivity index (χ2n) is 6.65. The van der Waals surface area contributed by atoms with Crippen LogP contribution in [-0.4, -0.2) is 23.0 Å². The van der Waals surface area contributed by atoms with Crippen molar-refractivity contribution < 1.29 is 17.4 Å². The molecular formula is C19H27NO3. The first-order chi connectivity index (χ1) is 11.7. The molecule has 1 aromatic rings. The minimum Gasteiger partial charge on any atom is -0.480 e. The number of amides is 1. The molecule has 1 aliphatic rings. The number of aliphatic carboxylic acids is 1. The molecule has 0 spiro atoms. The highest BCUT2D eigenvalue weighted by Gasteiger charge is 2.30. The molecular weight excluding hydrogens is 290 g/mol. The maximum Gasteiger partial charge on any atom is 0.326 e. The van der Waals surface area contributed by atoms with Crippen molar-refractivity contribution >= 4 is 11.9 Å². The molecule has 23 heavy (non-hydrogen) atoms. The van der Waals surface area contributed by atoms with Gasteiger partial charge in [-0.1, -0.05) is 44.2 Å². The normalized spacial score (nSPS) is 24.5. The number of carbonyl (C=O) groups is 2. The zero-order valence-electron chi connectivity index (χ0n) is 15.8. The average Bonchev–Trinajstić information content (AvgIpc) is 2.59. The number of rotatable bonds is 6. The summed E-state index contributed by atoms with van der Waals surface area (Å²) in [4.78, 5) is 24.2. The Kier molecular flexibility index (Phi) is 5.21. The van der Waals surface area contributed by atoms with Crippen LogP contribution in [0.5, 0.6) is 0 Å². The minimum atomic E-state index is -2.18. The highest BCUT2D eigenvalue weighted by Crippen LogP contribution is 2.33. The second kappa shape index (κ2) is 8.14. The lowest BCUT2D eigenvalue weighted by Gasteiger charge is -2.30. The topological polar surface area (TPSA) is 66.4 Å². The number of nitrogens with one attached hydrogen (secondary N) is 1. The van der Waals surface area contributed by atoms with Gasteiger partial charge in [0, 0.05) is 15.0 Å². The molecule has 4 nitrogen and oxygen atoms in total. The molecule has 0 aromatic heterocycles. The van der Waals surface area contributed by atoms with Gasteiger partial charge >= 0.3 is 5.97 Å². The van der Waals surface area contributed by atoms with E-state index in [0.29, 0.717) is 11.8 Å². The summed E-state index contributed by atoms with van der Waals surface area (Å²) in [5, 5.41) is 11.9. The highest BCUT2D eigenvalue weighted by atomic mass is 16.4. The third-order valence-corrected chi connectivity index (χ3v) is 4.70. The summed E-state index contributed by atoms with van der Waals surface area (Å²) in [6.07, 6.45) is 1.20. The minimum absolute atomic E-state index is 0.233. The number of benzene rings is 1. The third-order valence-electron chi connectivity index (χ3n) is 4.70. The number of hydrogen-bond donors (Lipinski definition) is 2. The summed E-state index contributed by atoms with van der Waals surface area (Å²) in [7, 11) is 0. The van der Waals surface area contributed by atoms with Gasteiger partial charge < -0.3 is 10.4 Å². The molecule has 1 aromatic carbocycles. The summed E-state index contributed by atoms with van der Waals surface area (Å²) in [6, 6.07) is 6.51. The Bertz CT molecular complexity index is 596. The van der Waals surface area contributed by atoms with Crippen LogP contribution in [0.4, 0.5) is 0 Å². The van der Waals surface area contributed by atoms with Crippen molar-refractivity contribution in [2.24, 2.45) is 17.8 Å². The van der Waals surface area contributed by atoms with Crippen LogP contribution in [0.3, 0.4) is 0 Å². The summed E-state index contributed by atoms with van der Waals surface area (Å²) in [5.74, 6) is -0.756. The first kappa shape index (κ1) is 14.7. The average molecular weight is 319 g/mol. The smallest absolute Gasteiger partial charge is 0.326 e. The maximum atomic E-state index is 12.5. The standard InChI is InChI=1S/C19H27NO3/c1-13(2)15-8-10-16(11-9-15)18(21)20-17(19(22)23)12-14-6-4-3-5-7-14/h3-7,13,15-17H,8-12H2,1-2H3,(H,20,21)(H,22,23)/t15-,16-,17-/m1/s1/i12D2. The lowest BCUT2D eigenvalue weighted by Crippen LogP contribution is -2.45. The Balaban J connectivity index is 2.07. The molecule has 0 unspecified atom stereocenters. The van der Waals surface area contributed by atoms with Gasteiger partial charge in [-0.3, -0.25) is 4.79 Å². The molecule has 1 aliphatic carbocycles. The predicted octanol–water partition coefficient (Wildman–Crippen LogP) is 3.26. The molecule has 0 heterocycles. The molecule has 1 fully saturated rings. The van der Waals surface area contributed by atoms with Crippen LogP contribution in [0, 0.1) is 17.8 Å². The molecule has 0 saturated heterocycles. The maximum absolute atomic E-state index is 12.5. The monoisotopic (exact) mass is 319 g/mol. The zero-order chi connectivity index (χ0) is 18.6. The quantitative estimate of drug-likeness (QED) is 0.846. The van der Waals surface area contributed by atoms with Crippen LogP contribution in [0.2, 0.25) is 0 Å². The van der Waals surface area contributed by atoms with Gasteiger partial charge in [-0.2, -0.15) is 0 Å². The highest BCUT2D eigenvalue weighted by molar-refractivity contribution is 5.85. The van der Waals surface area contributed by atoms with Crippen LogP contribution in [0.15, 0.2) is 30.3 Å². The number of carbonyl (C=O) groups excluding carboxylic acids is 1. The first-order valence-corrected chi connectivity index (χ1v) is 8.32. The molecule has 0 radical (unpaired) electrons. The fraction of sp³-hybridized carbons (Fsp3) is 0.579. The molecule has 1 amide bonds. The number of hydrogen-bond acceptors (Lipinski definition) is 2. The Morgan fingerprint density at radius 3 is 2.35 bits per heavy atom. The zero-order valence-corrected chi connectivity index (χ0v) is 13.8. The van der Waals surface area contributed by atoms with Gasteiger partial charge in [-0.05, 0) is 43.1 Å². The lowest BCUT2D eigenvalue weighted by molar-refractivity contribution is -0.142. The number of carboxylic acids is 1. The van der Waals surface area contributed by atoms with Crippen LogP contribution >= 0.6 is 0 Å². The van der Waals surface area contributed by atoms with E-state index in [-0.39, 0.29) is 17.4 Å². The van der Waals surface area contributed by atoms with E-state index in [2.05, 4.69) is 19.2 Å². The van der Waals surface area contributed by atoms with Gasteiger partial charge in [0.25, 0.3) is 0 Å². The lowest BCUT2D eigenvalue weighted by atomic mass is 9.76. The molecule has 1 saturated carbocycles. The van der Waals surface area contributed by atoms with E-state index in [1.54, 1.807) is 18.2 Å². The van der Waals surface area contributed by atoms with E-state index in [1.165, 1.54) is 12.1 Å². The van der Waals surface area contributed by atoms with E-state index in [1.807, 2.05) is 0 Å². The second-order valence-corrected chi connectivity index (χ2v) is 6.65. The van der Waals surface area contributed by atoms with E-state index < -0.39 is 18.4 Å². The van der Waals surface area contributed by atoms with E-state index >= 15 is 0 Å². The van der Waals surface area contributed by atoms with Crippen molar-refractivity contribution in [3.05, 3.63) is 35.9 Å². The Labute approximate surface area is 141 Å². The van der Waals surface area contributed by atoms with Crippen LogP contribution < -0.4 is 5.32 Å². The third kappa shape index (κ3) is 5.08. The first-order valence-electron chi connectivity index (χ1n) is 9.32. The summed E-state index contributed by atoms with van der Waals surface area (Å²) in [6.45, 7) is 4.36. The Hall–Kier alpha value is -1.84. The Morgan fingerprint density at radius 1 is 1.22 bits per heavy atom. The SMILES string of the molecule is [2H]C([2H])(c1ccccc1)[C@@H](NC(=O)[C@H]1CC[C@H](C(C)C)CC1)C(=O)O. The summed E-state index contributed by atoms with van der Waals surface area (Å²) >= 11 is 0.